The van der Waals surface area contributed by atoms with Gasteiger partial charge in [-0.15, -0.1) is 0 Å². The number of aromatic nitrogens is 1. The summed E-state index contributed by atoms with van der Waals surface area (Å²) in [5, 5.41) is 0. The molecule has 2 heterocycles. The minimum Gasteiger partial charge on any atom is -0.482 e. The van der Waals surface area contributed by atoms with Gasteiger partial charge in [-0.3, -0.25) is 9.78 Å². The number of carbonyl (C=O) groups is 1. The van der Waals surface area contributed by atoms with Crippen LogP contribution in [0.5, 0.6) is 5.75 Å². The molecular formula is C14H11FN2O2. The Bertz CT molecular complexity index is 658. The molecule has 0 radical (unpaired) electrons. The van der Waals surface area contributed by atoms with E-state index in [0.717, 1.165) is 11.8 Å². The molecule has 4 nitrogen and oxygen atoms in total. The van der Waals surface area contributed by atoms with E-state index >= 15 is 0 Å². The number of amides is 1. The van der Waals surface area contributed by atoms with Crippen LogP contribution in [-0.4, -0.2) is 24.5 Å². The lowest BCUT2D eigenvalue weighted by atomic mass is 10.1. The summed E-state index contributed by atoms with van der Waals surface area (Å²) in [6.45, 7) is 0.0222. The van der Waals surface area contributed by atoms with Gasteiger partial charge in [-0.25, -0.2) is 4.39 Å². The molecule has 19 heavy (non-hydrogen) atoms. The Hall–Kier alpha value is -2.43. The molecule has 0 bridgehead atoms. The first-order chi connectivity index (χ1) is 9.15. The smallest absolute Gasteiger partial charge is 0.264 e. The fraction of sp³-hybridized carbons (Fsp3) is 0.143. The van der Waals surface area contributed by atoms with Crippen LogP contribution in [0.3, 0.4) is 0 Å². The Kier molecular flexibility index (Phi) is 2.67. The fourth-order valence-corrected chi connectivity index (χ4v) is 2.03. The maximum Gasteiger partial charge on any atom is 0.264 e. The summed E-state index contributed by atoms with van der Waals surface area (Å²) in [4.78, 5) is 16.9. The van der Waals surface area contributed by atoms with Crippen molar-refractivity contribution in [3.8, 4) is 16.9 Å². The number of hydrogen-bond donors (Lipinski definition) is 0. The van der Waals surface area contributed by atoms with Crippen molar-refractivity contribution in [1.82, 2.24) is 4.98 Å². The number of benzene rings is 1. The van der Waals surface area contributed by atoms with Crippen LogP contribution in [0.4, 0.5) is 10.1 Å². The van der Waals surface area contributed by atoms with Gasteiger partial charge in [-0.05, 0) is 23.8 Å². The summed E-state index contributed by atoms with van der Waals surface area (Å²) in [6.07, 6.45) is 2.74. The molecule has 1 aliphatic rings. The van der Waals surface area contributed by atoms with E-state index in [-0.39, 0.29) is 18.3 Å². The molecule has 1 aromatic carbocycles. The molecule has 1 amide bonds. The lowest BCUT2D eigenvalue weighted by Crippen LogP contribution is -2.35. The highest BCUT2D eigenvalue weighted by Gasteiger charge is 2.22. The maximum absolute atomic E-state index is 13.2. The van der Waals surface area contributed by atoms with E-state index in [1.54, 1.807) is 30.3 Å². The molecule has 1 aliphatic heterocycles. The predicted octanol–water partition coefficient (Wildman–Crippen LogP) is 2.24. The molecule has 0 saturated heterocycles. The first kappa shape index (κ1) is 11.6. The molecule has 1 aromatic heterocycles. The third kappa shape index (κ3) is 2.03. The van der Waals surface area contributed by atoms with Gasteiger partial charge in [-0.1, -0.05) is 6.07 Å². The molecule has 0 saturated carbocycles. The highest BCUT2D eigenvalue weighted by atomic mass is 19.1. The molecule has 3 rings (SSSR count). The largest absolute Gasteiger partial charge is 0.482 e. The van der Waals surface area contributed by atoms with Crippen molar-refractivity contribution in [1.29, 1.82) is 0 Å². The minimum atomic E-state index is -0.386. The number of ether oxygens (including phenoxy) is 1. The summed E-state index contributed by atoms with van der Waals surface area (Å²) >= 11 is 0. The van der Waals surface area contributed by atoms with Gasteiger partial charge in [0.05, 0.1) is 11.9 Å². The van der Waals surface area contributed by atoms with Crippen molar-refractivity contribution in [2.45, 2.75) is 0 Å². The second-order valence-electron chi connectivity index (χ2n) is 4.32. The van der Waals surface area contributed by atoms with Crippen LogP contribution < -0.4 is 9.64 Å². The van der Waals surface area contributed by atoms with Gasteiger partial charge in [-0.2, -0.15) is 0 Å². The molecule has 96 valence electrons. The van der Waals surface area contributed by atoms with E-state index < -0.39 is 0 Å². The summed E-state index contributed by atoms with van der Waals surface area (Å²) in [5.74, 6) is 0.139. The number of fused-ring (bicyclic) bond motifs is 1. The molecule has 0 atom stereocenters. The summed E-state index contributed by atoms with van der Waals surface area (Å²) < 4.78 is 18.6. The maximum atomic E-state index is 13.2. The molecule has 2 aromatic rings. The quantitative estimate of drug-likeness (QED) is 0.787. The van der Waals surface area contributed by atoms with Crippen LogP contribution in [0.25, 0.3) is 11.1 Å². The Morgan fingerprint density at radius 1 is 1.26 bits per heavy atom. The van der Waals surface area contributed by atoms with E-state index in [1.165, 1.54) is 6.07 Å². The SMILES string of the molecule is CN1C(=O)COc2cc(-c3cncc(F)c3)ccc21. The zero-order valence-corrected chi connectivity index (χ0v) is 10.3. The number of hydrogen-bond acceptors (Lipinski definition) is 3. The molecule has 5 heteroatoms. The fourth-order valence-electron chi connectivity index (χ4n) is 2.03. The topological polar surface area (TPSA) is 42.4 Å². The normalized spacial score (nSPS) is 14.0. The third-order valence-corrected chi connectivity index (χ3v) is 3.08. The van der Waals surface area contributed by atoms with Crippen molar-refractivity contribution < 1.29 is 13.9 Å². The molecule has 0 unspecified atom stereocenters. The summed E-state index contributed by atoms with van der Waals surface area (Å²) in [5.41, 5.74) is 2.18. The zero-order valence-electron chi connectivity index (χ0n) is 10.3. The highest BCUT2D eigenvalue weighted by Crippen LogP contribution is 2.35. The third-order valence-electron chi connectivity index (χ3n) is 3.08. The van der Waals surface area contributed by atoms with Gasteiger partial charge in [0.1, 0.15) is 11.6 Å². The number of likely N-dealkylation sites (N-methyl/N-ethyl adjacent to an activating group) is 1. The van der Waals surface area contributed by atoms with Gasteiger partial charge >= 0.3 is 0 Å². The summed E-state index contributed by atoms with van der Waals surface area (Å²) in [6, 6.07) is 6.79. The molecule has 0 spiro atoms. The number of nitrogens with zero attached hydrogens (tertiary/aromatic N) is 2. The van der Waals surface area contributed by atoms with Crippen molar-refractivity contribution in [2.75, 3.05) is 18.6 Å². The predicted molar refractivity (Wildman–Crippen MR) is 68.5 cm³/mol. The van der Waals surface area contributed by atoms with Crippen LogP contribution >= 0.6 is 0 Å². The molecule has 0 aliphatic carbocycles. The van der Waals surface area contributed by atoms with Crippen molar-refractivity contribution >= 4 is 11.6 Å². The number of anilines is 1. The lowest BCUT2D eigenvalue weighted by molar-refractivity contribution is -0.120. The number of carbonyl (C=O) groups excluding carboxylic acids is 1. The van der Waals surface area contributed by atoms with Crippen LogP contribution in [0.15, 0.2) is 36.7 Å². The van der Waals surface area contributed by atoms with Crippen LogP contribution in [-0.2, 0) is 4.79 Å². The highest BCUT2D eigenvalue weighted by molar-refractivity contribution is 5.97. The van der Waals surface area contributed by atoms with Crippen LogP contribution in [0.2, 0.25) is 0 Å². The second-order valence-corrected chi connectivity index (χ2v) is 4.32. The standard InChI is InChI=1S/C14H11FN2O2/c1-17-12-3-2-9(5-13(12)19-8-14(17)18)10-4-11(15)7-16-6-10/h2-7H,8H2,1H3. The Morgan fingerprint density at radius 2 is 2.11 bits per heavy atom. The average molecular weight is 258 g/mol. The Labute approximate surface area is 109 Å². The Balaban J connectivity index is 2.05. The number of pyridine rings is 1. The monoisotopic (exact) mass is 258 g/mol. The molecule has 0 fully saturated rings. The van der Waals surface area contributed by atoms with E-state index in [4.69, 9.17) is 4.74 Å². The Morgan fingerprint density at radius 3 is 2.89 bits per heavy atom. The molecule has 0 N–H and O–H groups in total. The van der Waals surface area contributed by atoms with E-state index in [2.05, 4.69) is 4.98 Å². The summed E-state index contributed by atoms with van der Waals surface area (Å²) in [7, 11) is 1.70. The average Bonchev–Trinajstić information content (AvgIpc) is 2.43. The minimum absolute atomic E-state index is 0.0222. The lowest BCUT2D eigenvalue weighted by Gasteiger charge is -2.26. The van der Waals surface area contributed by atoms with Crippen molar-refractivity contribution in [3.05, 3.63) is 42.5 Å². The number of halogens is 1. The van der Waals surface area contributed by atoms with E-state index in [0.29, 0.717) is 17.0 Å². The van der Waals surface area contributed by atoms with Crippen molar-refractivity contribution in [2.24, 2.45) is 0 Å². The van der Waals surface area contributed by atoms with Gasteiger partial charge < -0.3 is 9.64 Å². The van der Waals surface area contributed by atoms with Crippen molar-refractivity contribution in [3.63, 3.8) is 0 Å². The second kappa shape index (κ2) is 4.35. The van der Waals surface area contributed by atoms with Gasteiger partial charge in [0, 0.05) is 18.8 Å². The first-order valence-corrected chi connectivity index (χ1v) is 5.79. The van der Waals surface area contributed by atoms with Crippen LogP contribution in [0.1, 0.15) is 0 Å². The van der Waals surface area contributed by atoms with Crippen LogP contribution in [0, 0.1) is 5.82 Å². The van der Waals surface area contributed by atoms with Gasteiger partial charge in [0.2, 0.25) is 0 Å². The van der Waals surface area contributed by atoms with E-state index in [9.17, 15) is 9.18 Å². The van der Waals surface area contributed by atoms with Gasteiger partial charge in [0.25, 0.3) is 5.91 Å². The first-order valence-electron chi connectivity index (χ1n) is 5.79. The van der Waals surface area contributed by atoms with Gasteiger partial charge in [0.15, 0.2) is 6.61 Å². The zero-order chi connectivity index (χ0) is 13.4. The molecular weight excluding hydrogens is 247 g/mol. The number of rotatable bonds is 1. The van der Waals surface area contributed by atoms with E-state index in [1.807, 2.05) is 6.07 Å².